The highest BCUT2D eigenvalue weighted by Crippen LogP contribution is 2.49. The number of hydrogen-bond donors (Lipinski definition) is 1. The Balaban J connectivity index is 1.93. The molecule has 0 amide bonds. The fraction of sp³-hybridized carbons (Fsp3) is 0.889. The molecule has 4 nitrogen and oxygen atoms in total. The van der Waals surface area contributed by atoms with Crippen LogP contribution in [0.15, 0.2) is 0 Å². The van der Waals surface area contributed by atoms with Gasteiger partial charge in [0.25, 0.3) is 0 Å². The summed E-state index contributed by atoms with van der Waals surface area (Å²) in [6.07, 6.45) is -0.0305. The van der Waals surface area contributed by atoms with Gasteiger partial charge in [-0.2, -0.15) is 0 Å². The van der Waals surface area contributed by atoms with Gasteiger partial charge in [0.05, 0.1) is 12.2 Å². The van der Waals surface area contributed by atoms with Crippen molar-refractivity contribution in [2.24, 2.45) is 0 Å². The van der Waals surface area contributed by atoms with Crippen molar-refractivity contribution in [3.8, 4) is 0 Å². The number of ether oxygens (including phenoxy) is 2. The molecule has 2 saturated heterocycles. The van der Waals surface area contributed by atoms with Gasteiger partial charge in [-0.25, -0.2) is 0 Å². The second-order valence-corrected chi connectivity index (χ2v) is 4.28. The van der Waals surface area contributed by atoms with Crippen LogP contribution in [-0.4, -0.2) is 40.9 Å². The number of hydrogen-bond acceptors (Lipinski definition) is 4. The van der Waals surface area contributed by atoms with Gasteiger partial charge < -0.3 is 14.6 Å². The molecule has 1 aliphatic carbocycles. The number of rotatable bonds is 0. The first-order valence-electron chi connectivity index (χ1n) is 4.67. The summed E-state index contributed by atoms with van der Waals surface area (Å²) in [7, 11) is 0. The Labute approximate surface area is 75.8 Å². The van der Waals surface area contributed by atoms with Gasteiger partial charge in [-0.1, -0.05) is 0 Å². The lowest BCUT2D eigenvalue weighted by Crippen LogP contribution is -2.50. The van der Waals surface area contributed by atoms with E-state index < -0.39 is 5.60 Å². The van der Waals surface area contributed by atoms with Crippen LogP contribution in [0.5, 0.6) is 0 Å². The zero-order chi connectivity index (χ0) is 9.22. The molecule has 4 heteroatoms. The number of ketones is 1. The van der Waals surface area contributed by atoms with E-state index in [1.807, 2.05) is 6.92 Å². The molecule has 0 aromatic carbocycles. The smallest absolute Gasteiger partial charge is 0.167 e. The molecule has 0 radical (unpaired) electrons. The molecule has 2 heterocycles. The standard InChI is InChI=1S/C9H12O4/c1-4-3-9(11)6(12-4)2-5(10)7-8(9)13-7/h4,6-8,11H,2-3H2,1H3/t4-,6-,7-,8-,9+/m0/s1. The second kappa shape index (κ2) is 2.13. The van der Waals surface area contributed by atoms with Crippen molar-refractivity contribution in [1.29, 1.82) is 0 Å². The van der Waals surface area contributed by atoms with Gasteiger partial charge in [0.2, 0.25) is 0 Å². The molecule has 13 heavy (non-hydrogen) atoms. The Morgan fingerprint density at radius 3 is 3.08 bits per heavy atom. The van der Waals surface area contributed by atoms with Crippen molar-refractivity contribution < 1.29 is 19.4 Å². The highest BCUT2D eigenvalue weighted by molar-refractivity contribution is 5.88. The fourth-order valence-electron chi connectivity index (χ4n) is 2.60. The molecule has 1 saturated carbocycles. The third kappa shape index (κ3) is 0.882. The van der Waals surface area contributed by atoms with E-state index in [0.717, 1.165) is 0 Å². The van der Waals surface area contributed by atoms with Crippen LogP contribution in [0.4, 0.5) is 0 Å². The Kier molecular flexibility index (Phi) is 1.30. The van der Waals surface area contributed by atoms with Crippen molar-refractivity contribution in [1.82, 2.24) is 0 Å². The van der Waals surface area contributed by atoms with E-state index in [4.69, 9.17) is 9.47 Å². The number of fused-ring (bicyclic) bond motifs is 3. The summed E-state index contributed by atoms with van der Waals surface area (Å²) in [4.78, 5) is 11.3. The number of Topliss-reactive ketones (excluding diaryl/α,β-unsaturated/α-hetero) is 1. The molecular weight excluding hydrogens is 172 g/mol. The average Bonchev–Trinajstić information content (AvgIpc) is 2.75. The Morgan fingerprint density at radius 2 is 2.31 bits per heavy atom. The lowest BCUT2D eigenvalue weighted by molar-refractivity contribution is -0.129. The Bertz CT molecular complexity index is 277. The first-order chi connectivity index (χ1) is 6.11. The first kappa shape index (κ1) is 7.91. The normalized spacial score (nSPS) is 58.8. The van der Waals surface area contributed by atoms with E-state index in [1.54, 1.807) is 0 Å². The third-order valence-corrected chi connectivity index (χ3v) is 3.26. The van der Waals surface area contributed by atoms with Gasteiger partial charge >= 0.3 is 0 Å². The number of epoxide rings is 1. The summed E-state index contributed by atoms with van der Waals surface area (Å²) >= 11 is 0. The van der Waals surface area contributed by atoms with Crippen LogP contribution in [0.2, 0.25) is 0 Å². The maximum atomic E-state index is 11.3. The number of aliphatic hydroxyl groups is 1. The van der Waals surface area contributed by atoms with E-state index in [2.05, 4.69) is 0 Å². The summed E-state index contributed by atoms with van der Waals surface area (Å²) in [5, 5.41) is 10.2. The average molecular weight is 184 g/mol. The van der Waals surface area contributed by atoms with Crippen LogP contribution < -0.4 is 0 Å². The van der Waals surface area contributed by atoms with Crippen LogP contribution in [-0.2, 0) is 14.3 Å². The quantitative estimate of drug-likeness (QED) is 0.522. The summed E-state index contributed by atoms with van der Waals surface area (Å²) < 4.78 is 10.7. The molecule has 0 bridgehead atoms. The van der Waals surface area contributed by atoms with Gasteiger partial charge in [0.15, 0.2) is 5.78 Å². The third-order valence-electron chi connectivity index (χ3n) is 3.26. The van der Waals surface area contributed by atoms with Crippen LogP contribution in [0.3, 0.4) is 0 Å². The SMILES string of the molecule is C[C@H]1C[C@@]2(O)[C@H](CC(=O)[C@@H]3O[C@@H]32)O1. The van der Waals surface area contributed by atoms with Gasteiger partial charge in [-0.15, -0.1) is 0 Å². The van der Waals surface area contributed by atoms with Gasteiger partial charge in [-0.05, 0) is 6.92 Å². The molecule has 1 N–H and O–H groups in total. The van der Waals surface area contributed by atoms with Gasteiger partial charge in [0.1, 0.15) is 17.8 Å². The van der Waals surface area contributed by atoms with Crippen molar-refractivity contribution in [2.45, 2.75) is 49.8 Å². The van der Waals surface area contributed by atoms with Gasteiger partial charge in [-0.3, -0.25) is 4.79 Å². The molecule has 0 spiro atoms. The van der Waals surface area contributed by atoms with E-state index in [-0.39, 0.29) is 30.2 Å². The molecule has 5 atom stereocenters. The van der Waals surface area contributed by atoms with E-state index >= 15 is 0 Å². The maximum Gasteiger partial charge on any atom is 0.167 e. The van der Waals surface area contributed by atoms with Gasteiger partial charge in [0, 0.05) is 12.8 Å². The summed E-state index contributed by atoms with van der Waals surface area (Å²) in [5.41, 5.74) is -0.891. The minimum atomic E-state index is -0.891. The van der Waals surface area contributed by atoms with Crippen molar-refractivity contribution in [3.63, 3.8) is 0 Å². The minimum absolute atomic E-state index is 0.0331. The monoisotopic (exact) mass is 184 g/mol. The summed E-state index contributed by atoms with van der Waals surface area (Å²) in [6, 6.07) is 0. The minimum Gasteiger partial charge on any atom is -0.384 e. The van der Waals surface area contributed by atoms with E-state index in [1.165, 1.54) is 0 Å². The molecule has 3 aliphatic rings. The first-order valence-corrected chi connectivity index (χ1v) is 4.67. The number of carbonyl (C=O) groups excluding carboxylic acids is 1. The Morgan fingerprint density at radius 1 is 1.54 bits per heavy atom. The zero-order valence-corrected chi connectivity index (χ0v) is 7.40. The van der Waals surface area contributed by atoms with E-state index in [0.29, 0.717) is 12.8 Å². The summed E-state index contributed by atoms with van der Waals surface area (Å²) in [5.74, 6) is 0.0776. The Hall–Kier alpha value is -0.450. The van der Waals surface area contributed by atoms with Crippen LogP contribution in [0.1, 0.15) is 19.8 Å². The van der Waals surface area contributed by atoms with Crippen LogP contribution in [0, 0.1) is 0 Å². The summed E-state index contributed by atoms with van der Waals surface area (Å²) in [6.45, 7) is 1.91. The molecule has 72 valence electrons. The molecule has 2 aliphatic heterocycles. The van der Waals surface area contributed by atoms with Crippen LogP contribution in [0.25, 0.3) is 0 Å². The zero-order valence-electron chi connectivity index (χ0n) is 7.40. The molecule has 3 fully saturated rings. The second-order valence-electron chi connectivity index (χ2n) is 4.28. The lowest BCUT2D eigenvalue weighted by Gasteiger charge is -2.28. The largest absolute Gasteiger partial charge is 0.384 e. The molecule has 3 rings (SSSR count). The molecule has 0 aromatic rings. The highest BCUT2D eigenvalue weighted by Gasteiger charge is 2.67. The lowest BCUT2D eigenvalue weighted by atomic mass is 9.80. The van der Waals surface area contributed by atoms with Crippen molar-refractivity contribution in [3.05, 3.63) is 0 Å². The van der Waals surface area contributed by atoms with Crippen molar-refractivity contribution in [2.75, 3.05) is 0 Å². The highest BCUT2D eigenvalue weighted by atomic mass is 16.6. The fourth-order valence-corrected chi connectivity index (χ4v) is 2.60. The number of carbonyl (C=O) groups is 1. The predicted molar refractivity (Wildman–Crippen MR) is 42.2 cm³/mol. The topological polar surface area (TPSA) is 59.1 Å². The van der Waals surface area contributed by atoms with Crippen molar-refractivity contribution >= 4 is 5.78 Å². The van der Waals surface area contributed by atoms with E-state index in [9.17, 15) is 9.90 Å². The molecule has 0 aromatic heterocycles. The molecule has 0 unspecified atom stereocenters. The van der Waals surface area contributed by atoms with Crippen LogP contribution >= 0.6 is 0 Å². The molecular formula is C9H12O4. The predicted octanol–water partition coefficient (Wildman–Crippen LogP) is -0.365. The maximum absolute atomic E-state index is 11.3.